The van der Waals surface area contributed by atoms with Crippen LogP contribution in [0.1, 0.15) is 5.56 Å². The van der Waals surface area contributed by atoms with Gasteiger partial charge in [-0.05, 0) is 18.2 Å². The van der Waals surface area contributed by atoms with Crippen LogP contribution < -0.4 is 0 Å². The molecule has 1 aromatic carbocycles. The van der Waals surface area contributed by atoms with Crippen molar-refractivity contribution < 1.29 is 0 Å². The van der Waals surface area contributed by atoms with Gasteiger partial charge >= 0.3 is 0 Å². The van der Waals surface area contributed by atoms with E-state index in [0.29, 0.717) is 5.56 Å². The maximum Gasteiger partial charge on any atom is 0.0998 e. The molecule has 15 heavy (non-hydrogen) atoms. The van der Waals surface area contributed by atoms with Gasteiger partial charge < -0.3 is 0 Å². The van der Waals surface area contributed by atoms with Gasteiger partial charge in [0.15, 0.2) is 0 Å². The SMILES string of the molecule is N#Cc1ccccc1-c1cc(Br)ccn1. The lowest BCUT2D eigenvalue weighted by molar-refractivity contribution is 1.31. The zero-order valence-electron chi connectivity index (χ0n) is 7.81. The van der Waals surface area contributed by atoms with Crippen molar-refractivity contribution in [3.63, 3.8) is 0 Å². The lowest BCUT2D eigenvalue weighted by Gasteiger charge is -2.02. The van der Waals surface area contributed by atoms with Crippen LogP contribution in [-0.2, 0) is 0 Å². The molecule has 0 aliphatic heterocycles. The molecule has 0 fully saturated rings. The Hall–Kier alpha value is -1.66. The number of rotatable bonds is 1. The molecule has 1 heterocycles. The second kappa shape index (κ2) is 4.24. The average molecular weight is 259 g/mol. The van der Waals surface area contributed by atoms with Crippen molar-refractivity contribution in [2.75, 3.05) is 0 Å². The summed E-state index contributed by atoms with van der Waals surface area (Å²) in [7, 11) is 0. The summed E-state index contributed by atoms with van der Waals surface area (Å²) in [5.41, 5.74) is 2.31. The first kappa shape index (κ1) is 9.88. The number of hydrogen-bond acceptors (Lipinski definition) is 2. The van der Waals surface area contributed by atoms with Crippen LogP contribution in [0.5, 0.6) is 0 Å². The Morgan fingerprint density at radius 1 is 1.20 bits per heavy atom. The minimum absolute atomic E-state index is 0.642. The third kappa shape index (κ3) is 2.05. The molecule has 2 rings (SSSR count). The standard InChI is InChI=1S/C12H7BrN2/c13-10-5-6-15-12(7-10)11-4-2-1-3-9(11)8-14/h1-7H. The molecule has 0 radical (unpaired) electrons. The smallest absolute Gasteiger partial charge is 0.0998 e. The number of nitrogens with zero attached hydrogens (tertiary/aromatic N) is 2. The van der Waals surface area contributed by atoms with Crippen molar-refractivity contribution in [3.05, 3.63) is 52.6 Å². The van der Waals surface area contributed by atoms with E-state index >= 15 is 0 Å². The molecule has 0 bridgehead atoms. The quantitative estimate of drug-likeness (QED) is 0.787. The highest BCUT2D eigenvalue weighted by molar-refractivity contribution is 9.10. The number of pyridine rings is 1. The lowest BCUT2D eigenvalue weighted by Crippen LogP contribution is -1.86. The first-order valence-electron chi connectivity index (χ1n) is 4.42. The molecule has 3 heteroatoms. The first-order valence-corrected chi connectivity index (χ1v) is 5.21. The van der Waals surface area contributed by atoms with E-state index in [2.05, 4.69) is 27.0 Å². The van der Waals surface area contributed by atoms with Crippen molar-refractivity contribution in [1.29, 1.82) is 5.26 Å². The van der Waals surface area contributed by atoms with Gasteiger partial charge in [-0.3, -0.25) is 4.98 Å². The predicted octanol–water partition coefficient (Wildman–Crippen LogP) is 3.38. The Morgan fingerprint density at radius 3 is 2.73 bits per heavy atom. The van der Waals surface area contributed by atoms with Gasteiger partial charge in [-0.25, -0.2) is 0 Å². The highest BCUT2D eigenvalue weighted by Gasteiger charge is 2.04. The van der Waals surface area contributed by atoms with E-state index in [1.165, 1.54) is 0 Å². The van der Waals surface area contributed by atoms with Gasteiger partial charge in [-0.1, -0.05) is 34.1 Å². The molecule has 0 amide bonds. The topological polar surface area (TPSA) is 36.7 Å². The monoisotopic (exact) mass is 258 g/mol. The van der Waals surface area contributed by atoms with Gasteiger partial charge in [-0.15, -0.1) is 0 Å². The Bertz CT molecular complexity index is 529. The normalized spacial score (nSPS) is 9.60. The van der Waals surface area contributed by atoms with Gasteiger partial charge in [0.25, 0.3) is 0 Å². The number of benzene rings is 1. The number of aromatic nitrogens is 1. The fourth-order valence-corrected chi connectivity index (χ4v) is 1.69. The van der Waals surface area contributed by atoms with Crippen LogP contribution in [0.2, 0.25) is 0 Å². The molecular weight excluding hydrogens is 252 g/mol. The number of hydrogen-bond donors (Lipinski definition) is 0. The molecular formula is C12H7BrN2. The molecule has 2 aromatic rings. The Labute approximate surface area is 96.3 Å². The van der Waals surface area contributed by atoms with Gasteiger partial charge in [0.05, 0.1) is 17.3 Å². The number of nitriles is 1. The van der Waals surface area contributed by atoms with E-state index in [0.717, 1.165) is 15.7 Å². The van der Waals surface area contributed by atoms with E-state index in [4.69, 9.17) is 5.26 Å². The summed E-state index contributed by atoms with van der Waals surface area (Å²) in [6, 6.07) is 13.4. The van der Waals surface area contributed by atoms with E-state index in [1.807, 2.05) is 30.3 Å². The van der Waals surface area contributed by atoms with Crippen molar-refractivity contribution >= 4 is 15.9 Å². The first-order chi connectivity index (χ1) is 7.31. The fourth-order valence-electron chi connectivity index (χ4n) is 1.36. The molecule has 0 aliphatic carbocycles. The molecule has 2 nitrogen and oxygen atoms in total. The minimum atomic E-state index is 0.642. The maximum absolute atomic E-state index is 8.96. The molecule has 72 valence electrons. The Kier molecular flexibility index (Phi) is 2.79. The van der Waals surface area contributed by atoms with Gasteiger partial charge in [0, 0.05) is 16.2 Å². The summed E-state index contributed by atoms with van der Waals surface area (Å²) in [5.74, 6) is 0. The van der Waals surface area contributed by atoms with Crippen LogP contribution in [-0.4, -0.2) is 4.98 Å². The van der Waals surface area contributed by atoms with Crippen LogP contribution in [0.15, 0.2) is 47.1 Å². The Morgan fingerprint density at radius 2 is 2.00 bits per heavy atom. The maximum atomic E-state index is 8.96. The second-order valence-corrected chi connectivity index (χ2v) is 3.93. The molecule has 0 spiro atoms. The largest absolute Gasteiger partial charge is 0.256 e. The summed E-state index contributed by atoms with van der Waals surface area (Å²) in [6.45, 7) is 0. The molecule has 0 saturated carbocycles. The van der Waals surface area contributed by atoms with Crippen LogP contribution in [0.4, 0.5) is 0 Å². The van der Waals surface area contributed by atoms with Gasteiger partial charge in [-0.2, -0.15) is 5.26 Å². The highest BCUT2D eigenvalue weighted by Crippen LogP contribution is 2.23. The van der Waals surface area contributed by atoms with E-state index in [1.54, 1.807) is 12.3 Å². The lowest BCUT2D eigenvalue weighted by atomic mass is 10.1. The van der Waals surface area contributed by atoms with Gasteiger partial charge in [0.1, 0.15) is 0 Å². The van der Waals surface area contributed by atoms with Crippen molar-refractivity contribution in [3.8, 4) is 17.3 Å². The summed E-state index contributed by atoms with van der Waals surface area (Å²) in [6.07, 6.45) is 1.72. The Balaban J connectivity index is 2.60. The zero-order chi connectivity index (χ0) is 10.7. The highest BCUT2D eigenvalue weighted by atomic mass is 79.9. The summed E-state index contributed by atoms with van der Waals surface area (Å²) in [5, 5.41) is 8.96. The molecule has 0 aliphatic rings. The van der Waals surface area contributed by atoms with Crippen molar-refractivity contribution in [1.82, 2.24) is 4.98 Å². The summed E-state index contributed by atoms with van der Waals surface area (Å²) < 4.78 is 0.959. The van der Waals surface area contributed by atoms with Crippen LogP contribution >= 0.6 is 15.9 Å². The molecule has 0 unspecified atom stereocenters. The van der Waals surface area contributed by atoms with Crippen LogP contribution in [0.3, 0.4) is 0 Å². The van der Waals surface area contributed by atoms with Gasteiger partial charge in [0.2, 0.25) is 0 Å². The van der Waals surface area contributed by atoms with Crippen molar-refractivity contribution in [2.45, 2.75) is 0 Å². The second-order valence-electron chi connectivity index (χ2n) is 3.02. The van der Waals surface area contributed by atoms with E-state index < -0.39 is 0 Å². The molecule has 0 N–H and O–H groups in total. The van der Waals surface area contributed by atoms with E-state index in [9.17, 15) is 0 Å². The van der Waals surface area contributed by atoms with E-state index in [-0.39, 0.29) is 0 Å². The molecule has 0 atom stereocenters. The third-order valence-electron chi connectivity index (χ3n) is 2.05. The summed E-state index contributed by atoms with van der Waals surface area (Å²) in [4.78, 5) is 4.24. The summed E-state index contributed by atoms with van der Waals surface area (Å²) >= 11 is 3.38. The van der Waals surface area contributed by atoms with Crippen LogP contribution in [0, 0.1) is 11.3 Å². The molecule has 1 aromatic heterocycles. The number of halogens is 1. The van der Waals surface area contributed by atoms with Crippen LogP contribution in [0.25, 0.3) is 11.3 Å². The van der Waals surface area contributed by atoms with Crippen molar-refractivity contribution in [2.24, 2.45) is 0 Å². The minimum Gasteiger partial charge on any atom is -0.256 e. The third-order valence-corrected chi connectivity index (χ3v) is 2.54. The molecule has 0 saturated heterocycles. The fraction of sp³-hybridized carbons (Fsp3) is 0. The average Bonchev–Trinajstić information content (AvgIpc) is 2.29. The zero-order valence-corrected chi connectivity index (χ0v) is 9.40. The predicted molar refractivity (Wildman–Crippen MR) is 62.1 cm³/mol.